The molecule has 0 spiro atoms. The highest BCUT2D eigenvalue weighted by atomic mass is 35.5. The molecule has 1 aromatic carbocycles. The van der Waals surface area contributed by atoms with E-state index in [9.17, 15) is 9.59 Å². The lowest BCUT2D eigenvalue weighted by atomic mass is 10.0. The number of ketones is 1. The summed E-state index contributed by atoms with van der Waals surface area (Å²) in [5.41, 5.74) is 0.180. The van der Waals surface area contributed by atoms with Gasteiger partial charge in [-0.2, -0.15) is 0 Å². The number of hydrogen-bond acceptors (Lipinski definition) is 6. The van der Waals surface area contributed by atoms with Crippen LogP contribution < -0.4 is 10.3 Å². The first-order valence-corrected chi connectivity index (χ1v) is 8.27. The number of aromatic nitrogens is 6. The highest BCUT2D eigenvalue weighted by Crippen LogP contribution is 2.36. The smallest absolute Gasteiger partial charge is 0.277 e. The first-order chi connectivity index (χ1) is 12.4. The van der Waals surface area contributed by atoms with Crippen LogP contribution in [0.15, 0.2) is 23.3 Å². The van der Waals surface area contributed by atoms with Crippen LogP contribution >= 0.6 is 23.2 Å². The Hall–Kier alpha value is -2.65. The summed E-state index contributed by atoms with van der Waals surface area (Å²) in [5, 5.41) is 13.8. The van der Waals surface area contributed by atoms with Gasteiger partial charge < -0.3 is 4.74 Å². The van der Waals surface area contributed by atoms with Crippen LogP contribution in [0, 0.1) is 6.92 Å². The van der Waals surface area contributed by atoms with Crippen LogP contribution in [0.1, 0.15) is 21.6 Å². The average molecular weight is 397 g/mol. The van der Waals surface area contributed by atoms with Crippen molar-refractivity contribution in [2.24, 2.45) is 7.05 Å². The maximum absolute atomic E-state index is 12.8. The fraction of sp³-hybridized carbons (Fsp3) is 0.267. The van der Waals surface area contributed by atoms with Crippen LogP contribution in [0.3, 0.4) is 0 Å². The zero-order chi connectivity index (χ0) is 18.8. The number of nitrogens with one attached hydrogen (secondary N) is 1. The van der Waals surface area contributed by atoms with E-state index in [1.807, 2.05) is 0 Å². The van der Waals surface area contributed by atoms with Gasteiger partial charge in [-0.1, -0.05) is 23.2 Å². The normalized spacial score (nSPS) is 10.9. The van der Waals surface area contributed by atoms with E-state index >= 15 is 0 Å². The summed E-state index contributed by atoms with van der Waals surface area (Å²) in [5.74, 6) is -0.339. The quantitative estimate of drug-likeness (QED) is 0.634. The van der Waals surface area contributed by atoms with Crippen molar-refractivity contribution in [2.45, 2.75) is 13.5 Å². The van der Waals surface area contributed by atoms with Gasteiger partial charge in [-0.05, 0) is 29.5 Å². The number of ether oxygens (including phenoxy) is 1. The summed E-state index contributed by atoms with van der Waals surface area (Å²) in [6.07, 6.45) is 1.44. The summed E-state index contributed by atoms with van der Waals surface area (Å²) in [4.78, 5) is 25.0. The summed E-state index contributed by atoms with van der Waals surface area (Å²) >= 11 is 12.5. The lowest BCUT2D eigenvalue weighted by Crippen LogP contribution is -2.20. The molecule has 11 heteroatoms. The average Bonchev–Trinajstić information content (AvgIpc) is 3.19. The molecule has 0 aliphatic carbocycles. The van der Waals surface area contributed by atoms with Gasteiger partial charge in [-0.25, -0.2) is 4.68 Å². The van der Waals surface area contributed by atoms with E-state index in [1.54, 1.807) is 6.92 Å². The molecular weight excluding hydrogens is 383 g/mol. The maximum Gasteiger partial charge on any atom is 0.277 e. The van der Waals surface area contributed by atoms with Gasteiger partial charge in [-0.3, -0.25) is 19.4 Å². The second-order valence-corrected chi connectivity index (χ2v) is 6.25. The predicted molar refractivity (Wildman–Crippen MR) is 94.0 cm³/mol. The highest BCUT2D eigenvalue weighted by Gasteiger charge is 2.24. The molecule has 9 nitrogen and oxygen atoms in total. The second kappa shape index (κ2) is 7.30. The first-order valence-electron chi connectivity index (χ1n) is 7.52. The molecule has 26 heavy (non-hydrogen) atoms. The van der Waals surface area contributed by atoms with Crippen LogP contribution in [0.25, 0.3) is 0 Å². The van der Waals surface area contributed by atoms with Crippen molar-refractivity contribution in [3.05, 3.63) is 55.7 Å². The van der Waals surface area contributed by atoms with Crippen molar-refractivity contribution >= 4 is 29.0 Å². The summed E-state index contributed by atoms with van der Waals surface area (Å²) in [6, 6.07) is 2.96. The lowest BCUT2D eigenvalue weighted by Gasteiger charge is -2.12. The van der Waals surface area contributed by atoms with Crippen LogP contribution in [-0.4, -0.2) is 42.4 Å². The molecule has 2 heterocycles. The van der Waals surface area contributed by atoms with Gasteiger partial charge in [0.25, 0.3) is 5.56 Å². The minimum atomic E-state index is -0.503. The van der Waals surface area contributed by atoms with Crippen molar-refractivity contribution in [1.29, 1.82) is 0 Å². The summed E-state index contributed by atoms with van der Waals surface area (Å²) in [6.45, 7) is 2.20. The molecular formula is C15H14Cl2N6O3. The molecule has 2 aromatic heterocycles. The molecule has 3 rings (SSSR count). The van der Waals surface area contributed by atoms with E-state index in [1.165, 1.54) is 34.9 Å². The zero-order valence-corrected chi connectivity index (χ0v) is 15.4. The molecule has 1 N–H and O–H groups in total. The van der Waals surface area contributed by atoms with Crippen LogP contribution in [-0.2, 0) is 13.6 Å². The molecule has 0 atom stereocenters. The molecule has 0 bridgehead atoms. The minimum Gasteiger partial charge on any atom is -0.488 e. The molecule has 3 aromatic rings. The van der Waals surface area contributed by atoms with Crippen LogP contribution in [0.4, 0.5) is 0 Å². The van der Waals surface area contributed by atoms with Gasteiger partial charge in [-0.15, -0.1) is 5.10 Å². The van der Waals surface area contributed by atoms with E-state index < -0.39 is 11.3 Å². The molecule has 0 amide bonds. The third-order valence-corrected chi connectivity index (χ3v) is 4.38. The first kappa shape index (κ1) is 18.2. The number of aryl methyl sites for hydroxylation is 2. The highest BCUT2D eigenvalue weighted by molar-refractivity contribution is 6.40. The number of H-pyrrole nitrogens is 1. The van der Waals surface area contributed by atoms with E-state index in [0.29, 0.717) is 12.2 Å². The van der Waals surface area contributed by atoms with E-state index in [0.717, 1.165) is 0 Å². The van der Waals surface area contributed by atoms with E-state index in [-0.39, 0.29) is 33.5 Å². The molecule has 0 saturated carbocycles. The number of tetrazole rings is 1. The monoisotopic (exact) mass is 396 g/mol. The van der Waals surface area contributed by atoms with Gasteiger partial charge in [0.15, 0.2) is 5.75 Å². The van der Waals surface area contributed by atoms with Crippen molar-refractivity contribution in [2.75, 3.05) is 6.61 Å². The van der Waals surface area contributed by atoms with Gasteiger partial charge in [0.1, 0.15) is 18.5 Å². The Morgan fingerprint density at radius 2 is 2.12 bits per heavy atom. The number of aromatic amines is 1. The molecule has 0 fully saturated rings. The Kier molecular flexibility index (Phi) is 5.10. The Morgan fingerprint density at radius 1 is 1.35 bits per heavy atom. The lowest BCUT2D eigenvalue weighted by molar-refractivity contribution is 0.103. The fourth-order valence-corrected chi connectivity index (χ4v) is 3.02. The Labute approximate surface area is 157 Å². The van der Waals surface area contributed by atoms with Crippen LogP contribution in [0.2, 0.25) is 10.0 Å². The topological polar surface area (TPSA) is 108 Å². The molecule has 0 saturated heterocycles. The number of carbonyl (C=O) groups is 1. The minimum absolute atomic E-state index is 0.0244. The number of halogens is 2. The number of hydrogen-bond donors (Lipinski definition) is 1. The molecule has 136 valence electrons. The zero-order valence-electron chi connectivity index (χ0n) is 13.9. The van der Waals surface area contributed by atoms with Crippen molar-refractivity contribution in [3.8, 4) is 5.75 Å². The van der Waals surface area contributed by atoms with Gasteiger partial charge in [0.2, 0.25) is 5.78 Å². The van der Waals surface area contributed by atoms with E-state index in [2.05, 4.69) is 20.6 Å². The number of nitrogens with zero attached hydrogens (tertiary/aromatic N) is 5. The van der Waals surface area contributed by atoms with E-state index in [4.69, 9.17) is 27.9 Å². The molecule has 0 unspecified atom stereocenters. The maximum atomic E-state index is 12.8. The SMILES string of the molecule is Cc1[nH]n(C)c(=O)c1C(=O)c1ccc(Cl)c(OCCn2cnnn2)c1Cl. The van der Waals surface area contributed by atoms with Crippen LogP contribution in [0.5, 0.6) is 5.75 Å². The Bertz CT molecular complexity index is 1010. The Balaban J connectivity index is 1.89. The molecule has 0 radical (unpaired) electrons. The molecule has 0 aliphatic rings. The van der Waals surface area contributed by atoms with Crippen molar-refractivity contribution < 1.29 is 9.53 Å². The number of benzene rings is 1. The van der Waals surface area contributed by atoms with Gasteiger partial charge >= 0.3 is 0 Å². The predicted octanol–water partition coefficient (Wildman–Crippen LogP) is 1.63. The largest absolute Gasteiger partial charge is 0.488 e. The standard InChI is InChI=1S/C15H14Cl2N6O3/c1-8-11(15(25)22(2)19-8)13(24)9-3-4-10(16)14(12(9)17)26-6-5-23-7-18-20-21-23/h3-4,7,19H,5-6H2,1-2H3. The second-order valence-electron chi connectivity index (χ2n) is 5.46. The van der Waals surface area contributed by atoms with Crippen molar-refractivity contribution in [3.63, 3.8) is 0 Å². The third kappa shape index (κ3) is 3.35. The van der Waals surface area contributed by atoms with Gasteiger partial charge in [0.05, 0.1) is 16.6 Å². The Morgan fingerprint density at radius 3 is 2.73 bits per heavy atom. The fourth-order valence-electron chi connectivity index (χ4n) is 2.45. The number of carbonyl (C=O) groups excluding carboxylic acids is 1. The summed E-state index contributed by atoms with van der Waals surface area (Å²) in [7, 11) is 1.53. The summed E-state index contributed by atoms with van der Waals surface area (Å²) < 4.78 is 8.32. The molecule has 0 aliphatic heterocycles. The number of rotatable bonds is 6. The van der Waals surface area contributed by atoms with Gasteiger partial charge in [0, 0.05) is 18.3 Å². The van der Waals surface area contributed by atoms with Crippen molar-refractivity contribution in [1.82, 2.24) is 30.0 Å². The third-order valence-electron chi connectivity index (χ3n) is 3.71.